The van der Waals surface area contributed by atoms with E-state index in [1.165, 1.54) is 7.11 Å². The molecule has 2 N–H and O–H groups in total. The Morgan fingerprint density at radius 1 is 1.32 bits per heavy atom. The highest BCUT2D eigenvalue weighted by atomic mass is 16.7. The zero-order valence-electron chi connectivity index (χ0n) is 12.1. The van der Waals surface area contributed by atoms with Gasteiger partial charge >= 0.3 is 0 Å². The van der Waals surface area contributed by atoms with E-state index in [-0.39, 0.29) is 6.61 Å². The lowest BCUT2D eigenvalue weighted by atomic mass is 9.96. The van der Waals surface area contributed by atoms with Gasteiger partial charge in [-0.25, -0.2) is 0 Å². The Kier molecular flexibility index (Phi) is 4.70. The molecule has 2 saturated heterocycles. The molecule has 22 heavy (non-hydrogen) atoms. The van der Waals surface area contributed by atoms with E-state index in [4.69, 9.17) is 18.9 Å². The van der Waals surface area contributed by atoms with Gasteiger partial charge < -0.3 is 29.4 Å². The van der Waals surface area contributed by atoms with Crippen molar-refractivity contribution in [2.45, 2.75) is 36.9 Å². The Bertz CT molecular complexity index is 498. The maximum Gasteiger partial charge on any atom is 0.207 e. The molecular weight excluding hydrogens is 290 g/mol. The summed E-state index contributed by atoms with van der Waals surface area (Å²) in [5.41, 5.74) is 0.863. The Balaban J connectivity index is 1.76. The second-order valence-corrected chi connectivity index (χ2v) is 5.26. The summed E-state index contributed by atoms with van der Waals surface area (Å²) in [6, 6.07) is 8.76. The van der Waals surface area contributed by atoms with Crippen LogP contribution in [0.5, 0.6) is 0 Å². The molecule has 0 unspecified atom stereocenters. The summed E-state index contributed by atoms with van der Waals surface area (Å²) in [4.78, 5) is 10.7. The van der Waals surface area contributed by atoms with E-state index in [9.17, 15) is 9.90 Å². The lowest BCUT2D eigenvalue weighted by Gasteiger charge is -2.47. The summed E-state index contributed by atoms with van der Waals surface area (Å²) in [7, 11) is 1.45. The first-order chi connectivity index (χ1) is 10.7. The van der Waals surface area contributed by atoms with Crippen molar-refractivity contribution in [2.24, 2.45) is 0 Å². The number of methoxy groups -OCH3 is 1. The lowest BCUT2D eigenvalue weighted by Crippen LogP contribution is -2.65. The largest absolute Gasteiger partial charge is 0.388 e. The van der Waals surface area contributed by atoms with Crippen molar-refractivity contribution in [2.75, 3.05) is 13.7 Å². The second-order valence-electron chi connectivity index (χ2n) is 5.26. The number of benzene rings is 1. The molecule has 1 aromatic rings. The average molecular weight is 309 g/mol. The molecule has 2 aliphatic rings. The van der Waals surface area contributed by atoms with Crippen molar-refractivity contribution in [3.8, 4) is 0 Å². The molecule has 7 heteroatoms. The van der Waals surface area contributed by atoms with Crippen LogP contribution in [0, 0.1) is 0 Å². The smallest absolute Gasteiger partial charge is 0.207 e. The minimum absolute atomic E-state index is 0.273. The zero-order valence-corrected chi connectivity index (χ0v) is 12.1. The second kappa shape index (κ2) is 6.72. The van der Waals surface area contributed by atoms with Crippen LogP contribution >= 0.6 is 0 Å². The molecule has 1 aromatic carbocycles. The highest BCUT2D eigenvalue weighted by Crippen LogP contribution is 2.34. The summed E-state index contributed by atoms with van der Waals surface area (Å²) in [5, 5.41) is 13.0. The normalized spacial score (nSPS) is 38.1. The van der Waals surface area contributed by atoms with Gasteiger partial charge in [0.25, 0.3) is 0 Å². The Hall–Kier alpha value is -1.51. The molecule has 0 bridgehead atoms. The maximum absolute atomic E-state index is 10.7. The Morgan fingerprint density at radius 2 is 2.09 bits per heavy atom. The lowest BCUT2D eigenvalue weighted by molar-refractivity contribution is -0.341. The van der Waals surface area contributed by atoms with Gasteiger partial charge in [-0.05, 0) is 0 Å². The topological polar surface area (TPSA) is 86.2 Å². The number of carbonyl (C=O) groups is 1. The number of carbonyl (C=O) groups excluding carboxylic acids is 1. The monoisotopic (exact) mass is 309 g/mol. The molecule has 0 radical (unpaired) electrons. The summed E-state index contributed by atoms with van der Waals surface area (Å²) in [5.74, 6) is 0. The van der Waals surface area contributed by atoms with E-state index in [1.54, 1.807) is 0 Å². The quantitative estimate of drug-likeness (QED) is 0.758. The van der Waals surface area contributed by atoms with Crippen molar-refractivity contribution in [3.63, 3.8) is 0 Å². The molecule has 0 aliphatic carbocycles. The molecule has 1 amide bonds. The predicted octanol–water partition coefficient (Wildman–Crippen LogP) is -0.0526. The highest BCUT2D eigenvalue weighted by molar-refractivity contribution is 5.47. The molecule has 0 saturated carbocycles. The number of aliphatic hydroxyl groups excluding tert-OH is 1. The molecule has 3 rings (SSSR count). The number of hydrogen-bond acceptors (Lipinski definition) is 6. The molecule has 6 atom stereocenters. The third-order valence-electron chi connectivity index (χ3n) is 3.93. The highest BCUT2D eigenvalue weighted by Gasteiger charge is 2.49. The third-order valence-corrected chi connectivity index (χ3v) is 3.93. The molecule has 0 spiro atoms. The SMILES string of the molecule is CO[C@H]1O[C@H]2CO[C@@H](c3ccccc3)O[C@@H]2[C@H](O)[C@@H]1NC=O. The van der Waals surface area contributed by atoms with Crippen LogP contribution in [-0.2, 0) is 23.7 Å². The fourth-order valence-corrected chi connectivity index (χ4v) is 2.83. The first-order valence-electron chi connectivity index (χ1n) is 7.12. The summed E-state index contributed by atoms with van der Waals surface area (Å²) in [6.07, 6.45) is -2.83. The standard InChI is InChI=1S/C15H19NO6/c1-19-15-11(16-8-17)12(18)13-10(21-15)7-20-14(22-13)9-5-3-2-4-6-9/h2-6,8,10-15,18H,7H2,1H3,(H,16,17)/t10-,11-,12+,13-,14+,15-/m0/s1. The van der Waals surface area contributed by atoms with Crippen LogP contribution in [0.3, 0.4) is 0 Å². The van der Waals surface area contributed by atoms with E-state index in [2.05, 4.69) is 5.32 Å². The van der Waals surface area contributed by atoms with E-state index < -0.39 is 36.9 Å². The first kappa shape index (κ1) is 15.4. The summed E-state index contributed by atoms with van der Waals surface area (Å²) in [6.45, 7) is 0.273. The van der Waals surface area contributed by atoms with Gasteiger partial charge in [0.15, 0.2) is 12.6 Å². The maximum atomic E-state index is 10.7. The van der Waals surface area contributed by atoms with Gasteiger partial charge in [-0.15, -0.1) is 0 Å². The fourth-order valence-electron chi connectivity index (χ4n) is 2.83. The molecule has 0 aromatic heterocycles. The van der Waals surface area contributed by atoms with Gasteiger partial charge in [0.2, 0.25) is 6.41 Å². The number of fused-ring (bicyclic) bond motifs is 1. The van der Waals surface area contributed by atoms with E-state index >= 15 is 0 Å². The van der Waals surface area contributed by atoms with Crippen LogP contribution in [0.4, 0.5) is 0 Å². The van der Waals surface area contributed by atoms with Crippen molar-refractivity contribution in [1.82, 2.24) is 5.32 Å². The van der Waals surface area contributed by atoms with Gasteiger partial charge in [0.05, 0.1) is 6.61 Å². The van der Waals surface area contributed by atoms with Crippen molar-refractivity contribution >= 4 is 6.41 Å². The van der Waals surface area contributed by atoms with Crippen LogP contribution in [0.2, 0.25) is 0 Å². The van der Waals surface area contributed by atoms with Crippen LogP contribution < -0.4 is 5.32 Å². The van der Waals surface area contributed by atoms with E-state index in [0.29, 0.717) is 6.41 Å². The third kappa shape index (κ3) is 2.86. The molecule has 2 heterocycles. The van der Waals surface area contributed by atoms with Crippen molar-refractivity contribution < 1.29 is 28.8 Å². The van der Waals surface area contributed by atoms with Gasteiger partial charge in [-0.1, -0.05) is 30.3 Å². The van der Waals surface area contributed by atoms with Gasteiger partial charge in [-0.3, -0.25) is 4.79 Å². The number of aliphatic hydroxyl groups is 1. The first-order valence-corrected chi connectivity index (χ1v) is 7.12. The van der Waals surface area contributed by atoms with Crippen LogP contribution in [0.25, 0.3) is 0 Å². The minimum Gasteiger partial charge on any atom is -0.388 e. The van der Waals surface area contributed by atoms with Gasteiger partial charge in [-0.2, -0.15) is 0 Å². The number of nitrogens with one attached hydrogen (secondary N) is 1. The molecule has 120 valence electrons. The summed E-state index contributed by atoms with van der Waals surface area (Å²) < 4.78 is 22.4. The number of ether oxygens (including phenoxy) is 4. The zero-order chi connectivity index (χ0) is 15.5. The van der Waals surface area contributed by atoms with E-state index in [1.807, 2.05) is 30.3 Å². The van der Waals surface area contributed by atoms with Crippen molar-refractivity contribution in [3.05, 3.63) is 35.9 Å². The average Bonchev–Trinajstić information content (AvgIpc) is 2.58. The van der Waals surface area contributed by atoms with Crippen molar-refractivity contribution in [1.29, 1.82) is 0 Å². The predicted molar refractivity (Wildman–Crippen MR) is 74.7 cm³/mol. The van der Waals surface area contributed by atoms with Crippen LogP contribution in [0.1, 0.15) is 11.9 Å². The molecule has 2 aliphatic heterocycles. The van der Waals surface area contributed by atoms with Gasteiger partial charge in [0, 0.05) is 12.7 Å². The fraction of sp³-hybridized carbons (Fsp3) is 0.533. The number of amides is 1. The Labute approximate surface area is 128 Å². The Morgan fingerprint density at radius 3 is 2.77 bits per heavy atom. The number of rotatable bonds is 4. The molecule has 2 fully saturated rings. The molecule has 7 nitrogen and oxygen atoms in total. The van der Waals surface area contributed by atoms with Crippen LogP contribution in [0.15, 0.2) is 30.3 Å². The number of hydrogen-bond donors (Lipinski definition) is 2. The van der Waals surface area contributed by atoms with E-state index in [0.717, 1.165) is 5.56 Å². The van der Waals surface area contributed by atoms with Crippen LogP contribution in [-0.4, -0.2) is 55.9 Å². The minimum atomic E-state index is -0.955. The van der Waals surface area contributed by atoms with Gasteiger partial charge in [0.1, 0.15) is 24.4 Å². The molecular formula is C15H19NO6. The summed E-state index contributed by atoms with van der Waals surface area (Å²) >= 11 is 0.